The molecule has 66 valence electrons. The van der Waals surface area contributed by atoms with E-state index in [2.05, 4.69) is 5.32 Å². The summed E-state index contributed by atoms with van der Waals surface area (Å²) in [4.78, 5) is 0. The fourth-order valence-corrected chi connectivity index (χ4v) is 1.20. The molecule has 0 aromatic carbocycles. The summed E-state index contributed by atoms with van der Waals surface area (Å²) < 4.78 is 0. The van der Waals surface area contributed by atoms with E-state index in [1.54, 1.807) is 0 Å². The highest BCUT2D eigenvalue weighted by Crippen LogP contribution is 2.07. The third-order valence-corrected chi connectivity index (χ3v) is 2.04. The van der Waals surface area contributed by atoms with Gasteiger partial charge in [0.1, 0.15) is 0 Å². The standard InChI is InChI=1S/C6H14N2O3/c7-5-4(10)1-8-3(2-9)6(5)11/h3-6,8-11H,1-2,7H2/t3?,4-,5+,6+/m0/s1. The van der Waals surface area contributed by atoms with Crippen LogP contribution in [-0.4, -0.2) is 52.8 Å². The number of rotatable bonds is 1. The molecule has 11 heavy (non-hydrogen) atoms. The summed E-state index contributed by atoms with van der Waals surface area (Å²) in [7, 11) is 0. The monoisotopic (exact) mass is 162 g/mol. The Hall–Kier alpha value is -0.200. The predicted octanol–water partition coefficient (Wildman–Crippen LogP) is -3.00. The number of nitrogens with two attached hydrogens (primary N) is 1. The van der Waals surface area contributed by atoms with Crippen molar-refractivity contribution in [3.05, 3.63) is 0 Å². The van der Waals surface area contributed by atoms with Crippen LogP contribution in [0.25, 0.3) is 0 Å². The van der Waals surface area contributed by atoms with Crippen molar-refractivity contribution in [1.82, 2.24) is 5.32 Å². The Morgan fingerprint density at radius 3 is 2.64 bits per heavy atom. The highest BCUT2D eigenvalue weighted by molar-refractivity contribution is 4.94. The van der Waals surface area contributed by atoms with Crippen molar-refractivity contribution in [2.24, 2.45) is 5.73 Å². The summed E-state index contributed by atoms with van der Waals surface area (Å²) in [5, 5.41) is 29.9. The van der Waals surface area contributed by atoms with Crippen LogP contribution in [0.5, 0.6) is 0 Å². The highest BCUT2D eigenvalue weighted by atomic mass is 16.3. The summed E-state index contributed by atoms with van der Waals surface area (Å²) in [5.74, 6) is 0. The molecular formula is C6H14N2O3. The summed E-state index contributed by atoms with van der Waals surface area (Å²) >= 11 is 0. The zero-order chi connectivity index (χ0) is 8.43. The first-order valence-electron chi connectivity index (χ1n) is 3.62. The van der Waals surface area contributed by atoms with Crippen LogP contribution < -0.4 is 11.1 Å². The Kier molecular flexibility index (Phi) is 2.80. The van der Waals surface area contributed by atoms with Crippen LogP contribution in [0.3, 0.4) is 0 Å². The van der Waals surface area contributed by atoms with Gasteiger partial charge >= 0.3 is 0 Å². The van der Waals surface area contributed by atoms with Gasteiger partial charge in [-0.3, -0.25) is 0 Å². The van der Waals surface area contributed by atoms with Gasteiger partial charge in [0.15, 0.2) is 0 Å². The van der Waals surface area contributed by atoms with Crippen LogP contribution >= 0.6 is 0 Å². The topological polar surface area (TPSA) is 98.7 Å². The van der Waals surface area contributed by atoms with Gasteiger partial charge in [0, 0.05) is 6.54 Å². The average Bonchev–Trinajstić information content (AvgIpc) is 2.01. The molecule has 5 heteroatoms. The summed E-state index contributed by atoms with van der Waals surface area (Å²) in [6.45, 7) is 0.158. The van der Waals surface area contributed by atoms with E-state index >= 15 is 0 Å². The van der Waals surface area contributed by atoms with Crippen molar-refractivity contribution >= 4 is 0 Å². The van der Waals surface area contributed by atoms with E-state index in [1.807, 2.05) is 0 Å². The molecule has 1 saturated heterocycles. The van der Waals surface area contributed by atoms with Gasteiger partial charge in [-0.15, -0.1) is 0 Å². The molecule has 1 fully saturated rings. The molecule has 0 saturated carbocycles. The van der Waals surface area contributed by atoms with Crippen LogP contribution in [-0.2, 0) is 0 Å². The van der Waals surface area contributed by atoms with E-state index in [9.17, 15) is 5.11 Å². The molecule has 0 radical (unpaired) electrons. The minimum atomic E-state index is -0.872. The lowest BCUT2D eigenvalue weighted by Gasteiger charge is -2.35. The molecule has 0 spiro atoms. The molecule has 1 aliphatic heterocycles. The van der Waals surface area contributed by atoms with Crippen LogP contribution in [0, 0.1) is 0 Å². The van der Waals surface area contributed by atoms with Gasteiger partial charge < -0.3 is 26.4 Å². The zero-order valence-electron chi connectivity index (χ0n) is 6.14. The second-order valence-electron chi connectivity index (χ2n) is 2.83. The molecule has 5 nitrogen and oxygen atoms in total. The molecule has 1 heterocycles. The molecule has 0 aromatic heterocycles. The Balaban J connectivity index is 2.52. The maximum absolute atomic E-state index is 9.30. The zero-order valence-corrected chi connectivity index (χ0v) is 6.14. The van der Waals surface area contributed by atoms with Crippen LogP contribution in [0.15, 0.2) is 0 Å². The van der Waals surface area contributed by atoms with E-state index in [0.717, 1.165) is 0 Å². The lowest BCUT2D eigenvalue weighted by Crippen LogP contribution is -2.64. The van der Waals surface area contributed by atoms with E-state index in [4.69, 9.17) is 15.9 Å². The number of piperidine rings is 1. The third-order valence-electron chi connectivity index (χ3n) is 2.04. The fourth-order valence-electron chi connectivity index (χ4n) is 1.20. The van der Waals surface area contributed by atoms with Gasteiger partial charge in [-0.05, 0) is 0 Å². The smallest absolute Gasteiger partial charge is 0.0891 e. The molecule has 1 aliphatic rings. The van der Waals surface area contributed by atoms with Gasteiger partial charge in [0.05, 0.1) is 30.9 Å². The number of β-amino-alcohol motifs (C(OH)–C–C–N with tert-alkyl or cyclic N) is 1. The van der Waals surface area contributed by atoms with Gasteiger partial charge in [-0.2, -0.15) is 0 Å². The number of aliphatic hydroxyl groups excluding tert-OH is 3. The molecule has 0 aliphatic carbocycles. The molecule has 0 aromatic rings. The third kappa shape index (κ3) is 1.69. The summed E-state index contributed by atoms with van der Waals surface area (Å²) in [6, 6.07) is -1.07. The quantitative estimate of drug-likeness (QED) is 0.283. The molecule has 1 unspecified atom stereocenters. The predicted molar refractivity (Wildman–Crippen MR) is 38.9 cm³/mol. The second-order valence-corrected chi connectivity index (χ2v) is 2.83. The van der Waals surface area contributed by atoms with Crippen molar-refractivity contribution in [2.45, 2.75) is 24.3 Å². The molecule has 4 atom stereocenters. The minimum absolute atomic E-state index is 0.165. The largest absolute Gasteiger partial charge is 0.395 e. The van der Waals surface area contributed by atoms with Crippen molar-refractivity contribution in [1.29, 1.82) is 0 Å². The maximum atomic E-state index is 9.30. The van der Waals surface area contributed by atoms with Crippen molar-refractivity contribution < 1.29 is 15.3 Å². The molecule has 1 rings (SSSR count). The Morgan fingerprint density at radius 2 is 2.09 bits per heavy atom. The normalized spacial score (nSPS) is 45.8. The number of hydrogen-bond donors (Lipinski definition) is 5. The van der Waals surface area contributed by atoms with E-state index in [1.165, 1.54) is 0 Å². The maximum Gasteiger partial charge on any atom is 0.0891 e. The fraction of sp³-hybridized carbons (Fsp3) is 1.00. The van der Waals surface area contributed by atoms with Crippen molar-refractivity contribution in [2.75, 3.05) is 13.2 Å². The number of nitrogens with one attached hydrogen (secondary N) is 1. The molecule has 0 bridgehead atoms. The first-order valence-corrected chi connectivity index (χ1v) is 3.62. The van der Waals surface area contributed by atoms with Gasteiger partial charge in [-0.25, -0.2) is 0 Å². The average molecular weight is 162 g/mol. The van der Waals surface area contributed by atoms with Gasteiger partial charge in [0.25, 0.3) is 0 Å². The van der Waals surface area contributed by atoms with Crippen molar-refractivity contribution in [3.8, 4) is 0 Å². The molecule has 0 amide bonds. The first kappa shape index (κ1) is 8.89. The van der Waals surface area contributed by atoms with E-state index < -0.39 is 24.3 Å². The SMILES string of the molecule is N[C@H]1[C@H](O)C(CO)NC[C@@H]1O. The summed E-state index contributed by atoms with van der Waals surface area (Å²) in [6.07, 6.45) is -1.60. The van der Waals surface area contributed by atoms with Gasteiger partial charge in [-0.1, -0.05) is 0 Å². The van der Waals surface area contributed by atoms with E-state index in [0.29, 0.717) is 6.54 Å². The molecule has 6 N–H and O–H groups in total. The lowest BCUT2D eigenvalue weighted by atomic mass is 9.95. The Morgan fingerprint density at radius 1 is 1.45 bits per heavy atom. The lowest BCUT2D eigenvalue weighted by molar-refractivity contribution is -0.0125. The number of hydrogen-bond acceptors (Lipinski definition) is 5. The Labute approximate surface area is 64.8 Å². The minimum Gasteiger partial charge on any atom is -0.395 e. The van der Waals surface area contributed by atoms with Crippen molar-refractivity contribution in [3.63, 3.8) is 0 Å². The highest BCUT2D eigenvalue weighted by Gasteiger charge is 2.34. The van der Waals surface area contributed by atoms with E-state index in [-0.39, 0.29) is 6.61 Å². The van der Waals surface area contributed by atoms with Crippen LogP contribution in [0.4, 0.5) is 0 Å². The second kappa shape index (κ2) is 3.46. The summed E-state index contributed by atoms with van der Waals surface area (Å²) in [5.41, 5.74) is 5.44. The molecular weight excluding hydrogens is 148 g/mol. The van der Waals surface area contributed by atoms with Gasteiger partial charge in [0.2, 0.25) is 0 Å². The van der Waals surface area contributed by atoms with Crippen LogP contribution in [0.1, 0.15) is 0 Å². The first-order chi connectivity index (χ1) is 5.16. The van der Waals surface area contributed by atoms with Crippen LogP contribution in [0.2, 0.25) is 0 Å². The Bertz CT molecular complexity index is 131. The number of aliphatic hydroxyl groups is 3.